The predicted octanol–water partition coefficient (Wildman–Crippen LogP) is -3.15. The van der Waals surface area contributed by atoms with Crippen LogP contribution in [0.5, 0.6) is 5.88 Å². The molecule has 0 aromatic carbocycles. The maximum absolute atomic E-state index is 11.5. The Hall–Kier alpha value is -1.68. The van der Waals surface area contributed by atoms with Crippen LogP contribution in [0.15, 0.2) is 15.7 Å². The van der Waals surface area contributed by atoms with Crippen molar-refractivity contribution in [3.63, 3.8) is 0 Å². The summed E-state index contributed by atoms with van der Waals surface area (Å²) >= 11 is 0. The van der Waals surface area contributed by atoms with Crippen molar-refractivity contribution in [3.8, 4) is 5.88 Å². The molecule has 0 bridgehead atoms. The molecular formula is C9H12N2O7. The molecule has 0 saturated carbocycles. The molecule has 1 saturated heterocycles. The molecule has 0 spiro atoms. The lowest BCUT2D eigenvalue weighted by molar-refractivity contribution is -0.0578. The van der Waals surface area contributed by atoms with Gasteiger partial charge < -0.3 is 25.2 Å². The molecule has 1 aromatic rings. The lowest BCUT2D eigenvalue weighted by Crippen LogP contribution is -2.37. The maximum Gasteiger partial charge on any atom is 0.333 e. The fourth-order valence-electron chi connectivity index (χ4n) is 1.83. The van der Waals surface area contributed by atoms with Crippen LogP contribution in [0.1, 0.15) is 6.23 Å². The molecule has 2 rings (SSSR count). The second kappa shape index (κ2) is 4.53. The number of aliphatic hydroxyl groups excluding tert-OH is 3. The Balaban J connectivity index is 2.45. The normalized spacial score (nSPS) is 31.7. The average Bonchev–Trinajstić information content (AvgIpc) is 2.56. The Kier molecular flexibility index (Phi) is 3.22. The topological polar surface area (TPSA) is 145 Å². The standard InChI is InChI=1S/C9H12N2O7/c12-2-3-6(15)7(16)8(18-3)11-5(14)1-4(13)10-9(11)17/h1,3,6-8,12,14-16H,2H2,(H,10,13,17)/t3-,6?,7?,8-/m1/s1. The zero-order valence-corrected chi connectivity index (χ0v) is 9.05. The number of H-pyrrole nitrogens is 1. The average molecular weight is 260 g/mol. The Morgan fingerprint density at radius 3 is 2.50 bits per heavy atom. The SMILES string of the molecule is O=c1cc(O)n([C@@H]2O[C@H](CO)C(O)C2O)c(=O)[nH]1. The van der Waals surface area contributed by atoms with E-state index in [1.165, 1.54) is 0 Å². The van der Waals surface area contributed by atoms with E-state index in [9.17, 15) is 24.9 Å². The molecular weight excluding hydrogens is 248 g/mol. The highest BCUT2D eigenvalue weighted by Crippen LogP contribution is 2.29. The Morgan fingerprint density at radius 2 is 2.00 bits per heavy atom. The minimum Gasteiger partial charge on any atom is -0.494 e. The van der Waals surface area contributed by atoms with Gasteiger partial charge in [-0.25, -0.2) is 9.36 Å². The van der Waals surface area contributed by atoms with E-state index in [1.54, 1.807) is 0 Å². The van der Waals surface area contributed by atoms with E-state index in [2.05, 4.69) is 0 Å². The molecule has 2 unspecified atom stereocenters. The van der Waals surface area contributed by atoms with E-state index < -0.39 is 48.3 Å². The molecule has 4 atom stereocenters. The number of aromatic nitrogens is 2. The number of aromatic amines is 1. The van der Waals surface area contributed by atoms with Crippen molar-refractivity contribution in [2.45, 2.75) is 24.5 Å². The van der Waals surface area contributed by atoms with Gasteiger partial charge in [0.05, 0.1) is 12.7 Å². The highest BCUT2D eigenvalue weighted by Gasteiger charge is 2.44. The number of hydrogen-bond donors (Lipinski definition) is 5. The maximum atomic E-state index is 11.5. The van der Waals surface area contributed by atoms with Gasteiger partial charge in [-0.15, -0.1) is 0 Å². The fourth-order valence-corrected chi connectivity index (χ4v) is 1.83. The zero-order valence-electron chi connectivity index (χ0n) is 9.05. The first kappa shape index (κ1) is 12.8. The van der Waals surface area contributed by atoms with E-state index >= 15 is 0 Å². The van der Waals surface area contributed by atoms with E-state index in [0.29, 0.717) is 4.57 Å². The molecule has 0 amide bonds. The van der Waals surface area contributed by atoms with E-state index in [-0.39, 0.29) is 0 Å². The van der Waals surface area contributed by atoms with Gasteiger partial charge in [0.25, 0.3) is 5.56 Å². The molecule has 5 N–H and O–H groups in total. The van der Waals surface area contributed by atoms with Crippen LogP contribution in [0, 0.1) is 0 Å². The monoisotopic (exact) mass is 260 g/mol. The van der Waals surface area contributed by atoms with Crippen LogP contribution < -0.4 is 11.2 Å². The predicted molar refractivity (Wildman–Crippen MR) is 56.0 cm³/mol. The minimum atomic E-state index is -1.52. The third kappa shape index (κ3) is 1.93. The highest BCUT2D eigenvalue weighted by atomic mass is 16.6. The third-order valence-electron chi connectivity index (χ3n) is 2.73. The molecule has 9 heteroatoms. The van der Waals surface area contributed by atoms with Crippen molar-refractivity contribution >= 4 is 0 Å². The van der Waals surface area contributed by atoms with Crippen LogP contribution in [-0.2, 0) is 4.74 Å². The van der Waals surface area contributed by atoms with Gasteiger partial charge in [0.15, 0.2) is 6.23 Å². The van der Waals surface area contributed by atoms with E-state index in [4.69, 9.17) is 9.84 Å². The van der Waals surface area contributed by atoms with Crippen LogP contribution in [-0.4, -0.2) is 54.9 Å². The molecule has 2 heterocycles. The summed E-state index contributed by atoms with van der Waals surface area (Å²) in [7, 11) is 0. The lowest BCUT2D eigenvalue weighted by Gasteiger charge is -2.17. The van der Waals surface area contributed by atoms with Crippen molar-refractivity contribution < 1.29 is 25.2 Å². The van der Waals surface area contributed by atoms with Crippen molar-refractivity contribution in [1.82, 2.24) is 9.55 Å². The molecule has 1 aliphatic rings. The summed E-state index contributed by atoms with van der Waals surface area (Å²) < 4.78 is 5.64. The lowest BCUT2D eigenvalue weighted by atomic mass is 10.1. The summed E-state index contributed by atoms with van der Waals surface area (Å²) in [5, 5.41) is 37.6. The summed E-state index contributed by atoms with van der Waals surface area (Å²) in [4.78, 5) is 24.3. The second-order valence-corrected chi connectivity index (χ2v) is 3.90. The molecule has 1 aromatic heterocycles. The number of aromatic hydroxyl groups is 1. The first-order valence-electron chi connectivity index (χ1n) is 5.13. The van der Waals surface area contributed by atoms with Gasteiger partial charge in [-0.3, -0.25) is 9.78 Å². The van der Waals surface area contributed by atoms with Crippen LogP contribution in [0.4, 0.5) is 0 Å². The van der Waals surface area contributed by atoms with Crippen molar-refractivity contribution in [1.29, 1.82) is 0 Å². The molecule has 1 aliphatic heterocycles. The second-order valence-electron chi connectivity index (χ2n) is 3.90. The smallest absolute Gasteiger partial charge is 0.333 e. The Labute approximate surface area is 99.5 Å². The van der Waals surface area contributed by atoms with Crippen molar-refractivity contribution in [3.05, 3.63) is 26.9 Å². The van der Waals surface area contributed by atoms with Crippen molar-refractivity contribution in [2.75, 3.05) is 6.61 Å². The fraction of sp³-hybridized carbons (Fsp3) is 0.556. The van der Waals surface area contributed by atoms with Crippen LogP contribution in [0.25, 0.3) is 0 Å². The summed E-state index contributed by atoms with van der Waals surface area (Å²) in [6.07, 6.45) is -5.39. The number of rotatable bonds is 2. The number of aliphatic hydroxyl groups is 3. The van der Waals surface area contributed by atoms with Crippen molar-refractivity contribution in [2.24, 2.45) is 0 Å². The first-order valence-corrected chi connectivity index (χ1v) is 5.13. The summed E-state index contributed by atoms with van der Waals surface area (Å²) in [5.41, 5.74) is -1.80. The highest BCUT2D eigenvalue weighted by molar-refractivity contribution is 5.08. The Bertz CT molecular complexity index is 551. The van der Waals surface area contributed by atoms with Crippen LogP contribution >= 0.6 is 0 Å². The van der Waals surface area contributed by atoms with Gasteiger partial charge in [0.2, 0.25) is 5.88 Å². The summed E-state index contributed by atoms with van der Waals surface area (Å²) in [5.74, 6) is -0.710. The van der Waals surface area contributed by atoms with Gasteiger partial charge in [0.1, 0.15) is 18.3 Å². The van der Waals surface area contributed by atoms with Gasteiger partial charge in [-0.1, -0.05) is 0 Å². The van der Waals surface area contributed by atoms with Gasteiger partial charge in [-0.05, 0) is 0 Å². The number of nitrogens with zero attached hydrogens (tertiary/aromatic N) is 1. The molecule has 9 nitrogen and oxygen atoms in total. The molecule has 18 heavy (non-hydrogen) atoms. The molecule has 1 fully saturated rings. The third-order valence-corrected chi connectivity index (χ3v) is 2.73. The first-order chi connectivity index (χ1) is 8.45. The quantitative estimate of drug-likeness (QED) is 0.377. The molecule has 100 valence electrons. The molecule has 0 radical (unpaired) electrons. The number of ether oxygens (including phenoxy) is 1. The van der Waals surface area contributed by atoms with Gasteiger partial charge >= 0.3 is 5.69 Å². The minimum absolute atomic E-state index is 0.562. The van der Waals surface area contributed by atoms with Gasteiger partial charge in [-0.2, -0.15) is 0 Å². The number of nitrogens with one attached hydrogen (secondary N) is 1. The van der Waals surface area contributed by atoms with E-state index in [1.807, 2.05) is 4.98 Å². The van der Waals surface area contributed by atoms with Crippen LogP contribution in [0.3, 0.4) is 0 Å². The van der Waals surface area contributed by atoms with E-state index in [0.717, 1.165) is 6.07 Å². The Morgan fingerprint density at radius 1 is 1.33 bits per heavy atom. The number of hydrogen-bond acceptors (Lipinski definition) is 7. The summed E-state index contributed by atoms with van der Waals surface area (Å²) in [6.45, 7) is -0.562. The zero-order chi connectivity index (χ0) is 13.4. The molecule has 0 aliphatic carbocycles. The summed E-state index contributed by atoms with van der Waals surface area (Å²) in [6, 6.07) is 0.732. The largest absolute Gasteiger partial charge is 0.494 e. The van der Waals surface area contributed by atoms with Gasteiger partial charge in [0, 0.05) is 0 Å². The van der Waals surface area contributed by atoms with Crippen LogP contribution in [0.2, 0.25) is 0 Å².